The SMILES string of the molecule is OC1CCCC(F)CC1. The zero-order chi connectivity index (χ0) is 6.69. The highest BCUT2D eigenvalue weighted by Gasteiger charge is 2.15. The van der Waals surface area contributed by atoms with E-state index < -0.39 is 6.17 Å². The van der Waals surface area contributed by atoms with Crippen LogP contribution in [0.4, 0.5) is 4.39 Å². The minimum absolute atomic E-state index is 0.231. The maximum Gasteiger partial charge on any atom is 0.100 e. The van der Waals surface area contributed by atoms with Gasteiger partial charge in [-0.25, -0.2) is 4.39 Å². The van der Waals surface area contributed by atoms with Gasteiger partial charge in [-0.05, 0) is 32.1 Å². The Balaban J connectivity index is 2.25. The second-order valence-corrected chi connectivity index (χ2v) is 2.76. The molecule has 0 bridgehead atoms. The third-order valence-corrected chi connectivity index (χ3v) is 1.87. The van der Waals surface area contributed by atoms with E-state index in [-0.39, 0.29) is 6.10 Å². The average molecular weight is 132 g/mol. The van der Waals surface area contributed by atoms with Gasteiger partial charge in [0.15, 0.2) is 0 Å². The molecule has 0 saturated heterocycles. The largest absolute Gasteiger partial charge is 0.393 e. The van der Waals surface area contributed by atoms with Gasteiger partial charge in [0, 0.05) is 0 Å². The summed E-state index contributed by atoms with van der Waals surface area (Å²) in [7, 11) is 0. The van der Waals surface area contributed by atoms with Crippen LogP contribution in [0.3, 0.4) is 0 Å². The first-order chi connectivity index (χ1) is 4.29. The summed E-state index contributed by atoms with van der Waals surface area (Å²) in [5.74, 6) is 0. The molecule has 1 saturated carbocycles. The molecule has 0 aromatic rings. The molecule has 9 heavy (non-hydrogen) atoms. The van der Waals surface area contributed by atoms with E-state index in [4.69, 9.17) is 5.11 Å². The van der Waals surface area contributed by atoms with E-state index in [0.29, 0.717) is 19.3 Å². The fraction of sp³-hybridized carbons (Fsp3) is 1.00. The van der Waals surface area contributed by atoms with Crippen LogP contribution >= 0.6 is 0 Å². The molecular formula is C7H13FO. The van der Waals surface area contributed by atoms with E-state index in [0.717, 1.165) is 12.8 Å². The van der Waals surface area contributed by atoms with Gasteiger partial charge in [0.25, 0.3) is 0 Å². The lowest BCUT2D eigenvalue weighted by Crippen LogP contribution is -2.03. The molecule has 0 radical (unpaired) electrons. The summed E-state index contributed by atoms with van der Waals surface area (Å²) in [5.41, 5.74) is 0. The Morgan fingerprint density at radius 1 is 1.11 bits per heavy atom. The zero-order valence-electron chi connectivity index (χ0n) is 5.52. The van der Waals surface area contributed by atoms with Gasteiger partial charge in [0.05, 0.1) is 6.10 Å². The Morgan fingerprint density at radius 2 is 1.89 bits per heavy atom. The molecule has 1 N–H and O–H groups in total. The minimum atomic E-state index is -0.651. The monoisotopic (exact) mass is 132 g/mol. The zero-order valence-corrected chi connectivity index (χ0v) is 5.52. The van der Waals surface area contributed by atoms with Crippen molar-refractivity contribution >= 4 is 0 Å². The quantitative estimate of drug-likeness (QED) is 0.497. The van der Waals surface area contributed by atoms with Crippen LogP contribution in [-0.4, -0.2) is 17.4 Å². The molecule has 1 nitrogen and oxygen atoms in total. The van der Waals surface area contributed by atoms with Crippen LogP contribution in [0.15, 0.2) is 0 Å². The molecule has 2 atom stereocenters. The van der Waals surface area contributed by atoms with Crippen molar-refractivity contribution in [3.8, 4) is 0 Å². The maximum atomic E-state index is 12.5. The van der Waals surface area contributed by atoms with Crippen molar-refractivity contribution in [3.05, 3.63) is 0 Å². The molecule has 0 spiro atoms. The van der Waals surface area contributed by atoms with E-state index in [2.05, 4.69) is 0 Å². The second kappa shape index (κ2) is 3.16. The molecule has 1 fully saturated rings. The molecule has 0 amide bonds. The van der Waals surface area contributed by atoms with E-state index in [9.17, 15) is 4.39 Å². The Bertz CT molecular complexity index is 75.0. The van der Waals surface area contributed by atoms with Gasteiger partial charge in [0.2, 0.25) is 0 Å². The van der Waals surface area contributed by atoms with Crippen LogP contribution in [-0.2, 0) is 0 Å². The summed E-state index contributed by atoms with van der Waals surface area (Å²) >= 11 is 0. The summed E-state index contributed by atoms with van der Waals surface area (Å²) in [4.78, 5) is 0. The molecule has 0 heterocycles. The lowest BCUT2D eigenvalue weighted by Gasteiger charge is -2.02. The molecule has 2 heteroatoms. The fourth-order valence-electron chi connectivity index (χ4n) is 1.24. The smallest absolute Gasteiger partial charge is 0.100 e. The van der Waals surface area contributed by atoms with Crippen LogP contribution in [0.1, 0.15) is 32.1 Å². The highest BCUT2D eigenvalue weighted by molar-refractivity contribution is 4.67. The van der Waals surface area contributed by atoms with Crippen molar-refractivity contribution in [2.75, 3.05) is 0 Å². The standard InChI is InChI=1S/C7H13FO/c8-6-2-1-3-7(9)5-4-6/h6-7,9H,1-5H2. The van der Waals surface area contributed by atoms with E-state index >= 15 is 0 Å². The van der Waals surface area contributed by atoms with E-state index in [1.807, 2.05) is 0 Å². The van der Waals surface area contributed by atoms with Gasteiger partial charge in [-0.2, -0.15) is 0 Å². The van der Waals surface area contributed by atoms with Crippen molar-refractivity contribution in [2.45, 2.75) is 44.4 Å². The summed E-state index contributed by atoms with van der Waals surface area (Å²) < 4.78 is 12.5. The summed E-state index contributed by atoms with van der Waals surface area (Å²) in [6.07, 6.45) is 2.62. The third kappa shape index (κ3) is 2.31. The number of halogens is 1. The number of hydrogen-bond donors (Lipinski definition) is 1. The number of hydrogen-bond acceptors (Lipinski definition) is 1. The third-order valence-electron chi connectivity index (χ3n) is 1.87. The highest BCUT2D eigenvalue weighted by atomic mass is 19.1. The van der Waals surface area contributed by atoms with Gasteiger partial charge in [0.1, 0.15) is 6.17 Å². The summed E-state index contributed by atoms with van der Waals surface area (Å²) in [6, 6.07) is 0. The van der Waals surface area contributed by atoms with Crippen LogP contribution in [0, 0.1) is 0 Å². The molecular weight excluding hydrogens is 119 g/mol. The van der Waals surface area contributed by atoms with Gasteiger partial charge < -0.3 is 5.11 Å². The molecule has 1 aliphatic rings. The molecule has 54 valence electrons. The Labute approximate surface area is 54.9 Å². The maximum absolute atomic E-state index is 12.5. The van der Waals surface area contributed by atoms with Gasteiger partial charge >= 0.3 is 0 Å². The number of alkyl halides is 1. The van der Waals surface area contributed by atoms with E-state index in [1.165, 1.54) is 0 Å². The van der Waals surface area contributed by atoms with Crippen molar-refractivity contribution in [2.24, 2.45) is 0 Å². The van der Waals surface area contributed by atoms with E-state index in [1.54, 1.807) is 0 Å². The summed E-state index contributed by atoms with van der Waals surface area (Å²) in [6.45, 7) is 0. The first-order valence-electron chi connectivity index (χ1n) is 3.61. The van der Waals surface area contributed by atoms with Crippen molar-refractivity contribution in [1.29, 1.82) is 0 Å². The first-order valence-corrected chi connectivity index (χ1v) is 3.61. The minimum Gasteiger partial charge on any atom is -0.393 e. The topological polar surface area (TPSA) is 20.2 Å². The number of aliphatic hydroxyl groups is 1. The van der Waals surface area contributed by atoms with Gasteiger partial charge in [-0.15, -0.1) is 0 Å². The lowest BCUT2D eigenvalue weighted by molar-refractivity contribution is 0.154. The van der Waals surface area contributed by atoms with Crippen molar-refractivity contribution in [1.82, 2.24) is 0 Å². The predicted molar refractivity (Wildman–Crippen MR) is 34.0 cm³/mol. The number of rotatable bonds is 0. The molecule has 0 aliphatic heterocycles. The Kier molecular flexibility index (Phi) is 2.46. The molecule has 1 rings (SSSR count). The highest BCUT2D eigenvalue weighted by Crippen LogP contribution is 2.19. The van der Waals surface area contributed by atoms with Gasteiger partial charge in [-0.3, -0.25) is 0 Å². The predicted octanol–water partition coefficient (Wildman–Crippen LogP) is 1.65. The van der Waals surface area contributed by atoms with Crippen LogP contribution in [0.25, 0.3) is 0 Å². The van der Waals surface area contributed by atoms with Gasteiger partial charge in [-0.1, -0.05) is 0 Å². The molecule has 1 aliphatic carbocycles. The summed E-state index contributed by atoms with van der Waals surface area (Å²) in [5, 5.41) is 9.04. The lowest BCUT2D eigenvalue weighted by atomic mass is 10.2. The second-order valence-electron chi connectivity index (χ2n) is 2.76. The molecule has 2 unspecified atom stereocenters. The average Bonchev–Trinajstić information content (AvgIpc) is 1.97. The fourth-order valence-corrected chi connectivity index (χ4v) is 1.24. The van der Waals surface area contributed by atoms with Crippen LogP contribution < -0.4 is 0 Å². The van der Waals surface area contributed by atoms with Crippen molar-refractivity contribution < 1.29 is 9.50 Å². The molecule has 0 aromatic carbocycles. The Hall–Kier alpha value is -0.110. The molecule has 0 aromatic heterocycles. The Morgan fingerprint density at radius 3 is 2.67 bits per heavy atom. The van der Waals surface area contributed by atoms with Crippen molar-refractivity contribution in [3.63, 3.8) is 0 Å². The van der Waals surface area contributed by atoms with Crippen LogP contribution in [0.2, 0.25) is 0 Å². The number of aliphatic hydroxyl groups excluding tert-OH is 1. The normalized spacial score (nSPS) is 38.0. The van der Waals surface area contributed by atoms with Crippen LogP contribution in [0.5, 0.6) is 0 Å². The first kappa shape index (κ1) is 7.00.